The first kappa shape index (κ1) is 18.8. The van der Waals surface area contributed by atoms with Gasteiger partial charge in [0.15, 0.2) is 0 Å². The van der Waals surface area contributed by atoms with E-state index in [9.17, 15) is 9.59 Å². The van der Waals surface area contributed by atoms with Gasteiger partial charge in [-0.2, -0.15) is 5.10 Å². The van der Waals surface area contributed by atoms with Crippen molar-refractivity contribution in [1.82, 2.24) is 15.1 Å². The summed E-state index contributed by atoms with van der Waals surface area (Å²) in [5.74, 6) is -0.544. The standard InChI is InChI=1S/C20H19BrN4O2/c1-13-10-16(25(2)24-13)12-22-20(27)17-8-3-4-9-18(17)23-19(26)14-6-5-7-15(21)11-14/h3-11H,12H2,1-2H3,(H,22,27)(H,23,26). The number of aromatic nitrogens is 2. The summed E-state index contributed by atoms with van der Waals surface area (Å²) in [4.78, 5) is 25.1. The largest absolute Gasteiger partial charge is 0.346 e. The minimum absolute atomic E-state index is 0.265. The van der Waals surface area contributed by atoms with Crippen LogP contribution in [-0.4, -0.2) is 21.6 Å². The molecule has 2 aromatic carbocycles. The molecule has 0 saturated heterocycles. The lowest BCUT2D eigenvalue weighted by molar-refractivity contribution is 0.0951. The van der Waals surface area contributed by atoms with Crippen LogP contribution in [0.2, 0.25) is 0 Å². The van der Waals surface area contributed by atoms with E-state index in [2.05, 4.69) is 31.7 Å². The summed E-state index contributed by atoms with van der Waals surface area (Å²) in [5.41, 5.74) is 3.16. The van der Waals surface area contributed by atoms with Gasteiger partial charge in [-0.05, 0) is 43.3 Å². The minimum atomic E-state index is -0.279. The van der Waals surface area contributed by atoms with Crippen LogP contribution in [0, 0.1) is 6.92 Å². The molecule has 3 aromatic rings. The van der Waals surface area contributed by atoms with Crippen LogP contribution in [0.25, 0.3) is 0 Å². The third kappa shape index (κ3) is 4.62. The molecule has 0 unspecified atom stereocenters. The van der Waals surface area contributed by atoms with Gasteiger partial charge in [0.25, 0.3) is 11.8 Å². The topological polar surface area (TPSA) is 76.0 Å². The smallest absolute Gasteiger partial charge is 0.255 e. The molecule has 1 aromatic heterocycles. The van der Waals surface area contributed by atoms with Crippen LogP contribution < -0.4 is 10.6 Å². The van der Waals surface area contributed by atoms with Crippen LogP contribution in [0.3, 0.4) is 0 Å². The van der Waals surface area contributed by atoms with Crippen molar-refractivity contribution in [3.05, 3.63) is 81.6 Å². The highest BCUT2D eigenvalue weighted by Gasteiger charge is 2.14. The number of rotatable bonds is 5. The number of nitrogens with one attached hydrogen (secondary N) is 2. The van der Waals surface area contributed by atoms with Crippen molar-refractivity contribution in [1.29, 1.82) is 0 Å². The maximum absolute atomic E-state index is 12.6. The van der Waals surface area contributed by atoms with E-state index >= 15 is 0 Å². The van der Waals surface area contributed by atoms with Gasteiger partial charge < -0.3 is 10.6 Å². The molecule has 0 saturated carbocycles. The molecular weight excluding hydrogens is 408 g/mol. The third-order valence-corrected chi connectivity index (χ3v) is 4.53. The van der Waals surface area contributed by atoms with E-state index in [0.29, 0.717) is 23.4 Å². The van der Waals surface area contributed by atoms with Crippen LogP contribution in [0.15, 0.2) is 59.1 Å². The third-order valence-electron chi connectivity index (χ3n) is 4.04. The summed E-state index contributed by atoms with van der Waals surface area (Å²) in [6, 6.07) is 15.9. The molecule has 0 atom stereocenters. The lowest BCUT2D eigenvalue weighted by atomic mass is 10.1. The average molecular weight is 427 g/mol. The molecule has 7 heteroatoms. The Labute approximate surface area is 165 Å². The number of para-hydroxylation sites is 1. The number of carbonyl (C=O) groups excluding carboxylic acids is 2. The lowest BCUT2D eigenvalue weighted by Crippen LogP contribution is -2.25. The number of nitrogens with zero attached hydrogens (tertiary/aromatic N) is 2. The Balaban J connectivity index is 1.74. The highest BCUT2D eigenvalue weighted by Crippen LogP contribution is 2.18. The first-order valence-corrected chi connectivity index (χ1v) is 9.17. The summed E-state index contributed by atoms with van der Waals surface area (Å²) in [7, 11) is 1.83. The normalized spacial score (nSPS) is 10.5. The maximum Gasteiger partial charge on any atom is 0.255 e. The van der Waals surface area contributed by atoms with Gasteiger partial charge in [0.05, 0.1) is 29.2 Å². The van der Waals surface area contributed by atoms with E-state index < -0.39 is 0 Å². The Morgan fingerprint density at radius 2 is 1.85 bits per heavy atom. The van der Waals surface area contributed by atoms with E-state index in [1.54, 1.807) is 47.1 Å². The molecule has 1 heterocycles. The zero-order valence-corrected chi connectivity index (χ0v) is 16.6. The number of anilines is 1. The quantitative estimate of drug-likeness (QED) is 0.653. The molecule has 2 amide bonds. The summed E-state index contributed by atoms with van der Waals surface area (Å²) in [6.07, 6.45) is 0. The van der Waals surface area contributed by atoms with E-state index in [0.717, 1.165) is 15.9 Å². The number of hydrogen-bond donors (Lipinski definition) is 2. The zero-order chi connectivity index (χ0) is 19.4. The van der Waals surface area contributed by atoms with E-state index in [1.165, 1.54) is 0 Å². The molecule has 0 aliphatic heterocycles. The molecule has 0 aliphatic rings. The zero-order valence-electron chi connectivity index (χ0n) is 15.0. The number of hydrogen-bond acceptors (Lipinski definition) is 3. The predicted octanol–water partition coefficient (Wildman–Crippen LogP) is 3.67. The van der Waals surface area contributed by atoms with Crippen LogP contribution in [0.4, 0.5) is 5.69 Å². The van der Waals surface area contributed by atoms with Gasteiger partial charge in [0.1, 0.15) is 0 Å². The molecule has 3 rings (SSSR count). The molecule has 27 heavy (non-hydrogen) atoms. The SMILES string of the molecule is Cc1cc(CNC(=O)c2ccccc2NC(=O)c2cccc(Br)c2)n(C)n1. The molecule has 0 spiro atoms. The lowest BCUT2D eigenvalue weighted by Gasteiger charge is -2.12. The van der Waals surface area contributed by atoms with Gasteiger partial charge in [-0.15, -0.1) is 0 Å². The van der Waals surface area contributed by atoms with Gasteiger partial charge in [0, 0.05) is 17.1 Å². The molecule has 0 aliphatic carbocycles. The Hall–Kier alpha value is -2.93. The molecule has 0 fully saturated rings. The summed E-state index contributed by atoms with van der Waals surface area (Å²) >= 11 is 3.35. The first-order valence-electron chi connectivity index (χ1n) is 8.37. The predicted molar refractivity (Wildman–Crippen MR) is 108 cm³/mol. The number of halogens is 1. The van der Waals surface area contributed by atoms with Gasteiger partial charge in [-0.1, -0.05) is 34.1 Å². The molecular formula is C20H19BrN4O2. The van der Waals surface area contributed by atoms with Crippen LogP contribution in [0.5, 0.6) is 0 Å². The van der Waals surface area contributed by atoms with Crippen molar-refractivity contribution < 1.29 is 9.59 Å². The fourth-order valence-corrected chi connectivity index (χ4v) is 3.11. The molecule has 6 nitrogen and oxygen atoms in total. The Morgan fingerprint density at radius 3 is 2.56 bits per heavy atom. The van der Waals surface area contributed by atoms with Crippen molar-refractivity contribution in [2.24, 2.45) is 7.05 Å². The number of amides is 2. The summed E-state index contributed by atoms with van der Waals surface area (Å²) < 4.78 is 2.55. The summed E-state index contributed by atoms with van der Waals surface area (Å²) in [5, 5.41) is 9.95. The van der Waals surface area contributed by atoms with Crippen LogP contribution in [-0.2, 0) is 13.6 Å². The highest BCUT2D eigenvalue weighted by molar-refractivity contribution is 9.10. The second-order valence-corrected chi connectivity index (χ2v) is 7.01. The molecule has 0 bridgehead atoms. The second kappa shape index (κ2) is 8.18. The van der Waals surface area contributed by atoms with Crippen molar-refractivity contribution in [3.8, 4) is 0 Å². The first-order chi connectivity index (χ1) is 12.9. The average Bonchev–Trinajstić information content (AvgIpc) is 2.97. The van der Waals surface area contributed by atoms with Crippen LogP contribution in [0.1, 0.15) is 32.1 Å². The fraction of sp³-hybridized carbons (Fsp3) is 0.150. The van der Waals surface area contributed by atoms with Gasteiger partial charge in [0.2, 0.25) is 0 Å². The van der Waals surface area contributed by atoms with Crippen molar-refractivity contribution in [2.45, 2.75) is 13.5 Å². The van der Waals surface area contributed by atoms with Gasteiger partial charge >= 0.3 is 0 Å². The molecule has 2 N–H and O–H groups in total. The van der Waals surface area contributed by atoms with Crippen molar-refractivity contribution in [2.75, 3.05) is 5.32 Å². The highest BCUT2D eigenvalue weighted by atomic mass is 79.9. The van der Waals surface area contributed by atoms with E-state index in [-0.39, 0.29) is 11.8 Å². The Morgan fingerprint density at radius 1 is 1.07 bits per heavy atom. The monoisotopic (exact) mass is 426 g/mol. The molecule has 138 valence electrons. The Kier molecular flexibility index (Phi) is 5.71. The summed E-state index contributed by atoms with van der Waals surface area (Å²) in [6.45, 7) is 2.25. The Bertz CT molecular complexity index is 997. The van der Waals surface area contributed by atoms with E-state index in [1.807, 2.05) is 26.1 Å². The second-order valence-electron chi connectivity index (χ2n) is 6.09. The van der Waals surface area contributed by atoms with Crippen LogP contribution >= 0.6 is 15.9 Å². The van der Waals surface area contributed by atoms with Crippen molar-refractivity contribution in [3.63, 3.8) is 0 Å². The number of aryl methyl sites for hydroxylation is 2. The molecule has 0 radical (unpaired) electrons. The number of carbonyl (C=O) groups is 2. The van der Waals surface area contributed by atoms with E-state index in [4.69, 9.17) is 0 Å². The van der Waals surface area contributed by atoms with Gasteiger partial charge in [-0.25, -0.2) is 0 Å². The number of benzene rings is 2. The van der Waals surface area contributed by atoms with Gasteiger partial charge in [-0.3, -0.25) is 14.3 Å². The van der Waals surface area contributed by atoms with Crippen molar-refractivity contribution >= 4 is 33.4 Å². The minimum Gasteiger partial charge on any atom is -0.346 e. The maximum atomic E-state index is 12.6. The fourth-order valence-electron chi connectivity index (χ4n) is 2.71.